The van der Waals surface area contributed by atoms with E-state index in [0.717, 1.165) is 5.56 Å². The molecule has 12 heteroatoms. The Kier molecular flexibility index (Phi) is 6.73. The smallest absolute Gasteiger partial charge is 0.258 e. The van der Waals surface area contributed by atoms with Crippen LogP contribution in [0, 0.1) is 11.3 Å². The predicted octanol–water partition coefficient (Wildman–Crippen LogP) is 3.80. The van der Waals surface area contributed by atoms with E-state index in [1.54, 1.807) is 42.5 Å². The van der Waals surface area contributed by atoms with Gasteiger partial charge in [-0.15, -0.1) is 5.11 Å². The van der Waals surface area contributed by atoms with E-state index in [-0.39, 0.29) is 23.2 Å². The molecule has 3 heterocycles. The Morgan fingerprint density at radius 1 is 1.13 bits per heavy atom. The third-order valence-electron chi connectivity index (χ3n) is 5.67. The van der Waals surface area contributed by atoms with Gasteiger partial charge in [0.2, 0.25) is 6.04 Å². The van der Waals surface area contributed by atoms with E-state index >= 15 is 0 Å². The highest BCUT2D eigenvalue weighted by atomic mass is 16.2. The first kappa shape index (κ1) is 24.1. The van der Waals surface area contributed by atoms with E-state index in [0.29, 0.717) is 23.0 Å². The van der Waals surface area contributed by atoms with Crippen molar-refractivity contribution in [3.63, 3.8) is 0 Å². The maximum atomic E-state index is 13.6. The van der Waals surface area contributed by atoms with Gasteiger partial charge >= 0.3 is 0 Å². The first-order valence-electron chi connectivity index (χ1n) is 11.6. The lowest BCUT2D eigenvalue weighted by Gasteiger charge is -2.14. The lowest BCUT2D eigenvalue weighted by atomic mass is 10.1. The van der Waals surface area contributed by atoms with Crippen LogP contribution in [-0.4, -0.2) is 35.6 Å². The number of H-pyrrole nitrogens is 1. The largest absolute Gasteiger partial charge is 0.324 e. The Labute approximate surface area is 215 Å². The zero-order chi connectivity index (χ0) is 26.5. The summed E-state index contributed by atoms with van der Waals surface area (Å²) in [5.41, 5.74) is 1.59. The van der Waals surface area contributed by atoms with Crippen LogP contribution >= 0.6 is 0 Å². The maximum Gasteiger partial charge on any atom is 0.258 e. The fourth-order valence-electron chi connectivity index (χ4n) is 3.79. The molecule has 0 bridgehead atoms. The second-order valence-electron chi connectivity index (χ2n) is 8.04. The Balaban J connectivity index is 1.61. The summed E-state index contributed by atoms with van der Waals surface area (Å²) < 4.78 is 1.24. The van der Waals surface area contributed by atoms with Gasteiger partial charge in [-0.2, -0.15) is 20.2 Å². The molecule has 0 aliphatic carbocycles. The molecular formula is C26H20N10O2. The number of carbonyl (C=O) groups is 1. The topological polar surface area (TPSA) is 167 Å². The number of nitriles is 1. The van der Waals surface area contributed by atoms with Crippen molar-refractivity contribution in [2.24, 2.45) is 10.2 Å². The van der Waals surface area contributed by atoms with E-state index in [9.17, 15) is 14.9 Å². The Morgan fingerprint density at radius 2 is 1.89 bits per heavy atom. The molecular weight excluding hydrogens is 484 g/mol. The van der Waals surface area contributed by atoms with Crippen LogP contribution < -0.4 is 10.9 Å². The van der Waals surface area contributed by atoms with Crippen LogP contribution in [0.1, 0.15) is 29.9 Å². The molecule has 38 heavy (non-hydrogen) atoms. The number of anilines is 1. The predicted molar refractivity (Wildman–Crippen MR) is 138 cm³/mol. The molecule has 3 aromatic heterocycles. The lowest BCUT2D eigenvalue weighted by Crippen LogP contribution is -2.24. The highest BCUT2D eigenvalue weighted by Gasteiger charge is 2.26. The van der Waals surface area contributed by atoms with E-state index in [1.165, 1.54) is 23.3 Å². The maximum absolute atomic E-state index is 13.6. The zero-order valence-electron chi connectivity index (χ0n) is 20.1. The summed E-state index contributed by atoms with van der Waals surface area (Å²) in [6.45, 7) is 1.97. The summed E-state index contributed by atoms with van der Waals surface area (Å²) in [6, 6.07) is 16.4. The molecule has 12 nitrogen and oxygen atoms in total. The van der Waals surface area contributed by atoms with Crippen molar-refractivity contribution in [2.75, 3.05) is 5.32 Å². The number of nitrogens with zero attached hydrogens (tertiary/aromatic N) is 8. The van der Waals surface area contributed by atoms with E-state index in [4.69, 9.17) is 0 Å². The minimum absolute atomic E-state index is 0.00976. The van der Waals surface area contributed by atoms with E-state index in [2.05, 4.69) is 40.6 Å². The molecule has 0 aliphatic rings. The van der Waals surface area contributed by atoms with Crippen molar-refractivity contribution in [1.82, 2.24) is 29.7 Å². The van der Waals surface area contributed by atoms with Gasteiger partial charge in [-0.05, 0) is 36.2 Å². The molecule has 5 rings (SSSR count). The third-order valence-corrected chi connectivity index (χ3v) is 5.67. The Morgan fingerprint density at radius 3 is 2.68 bits per heavy atom. The zero-order valence-corrected chi connectivity index (χ0v) is 20.1. The van der Waals surface area contributed by atoms with Gasteiger partial charge in [0.1, 0.15) is 17.5 Å². The lowest BCUT2D eigenvalue weighted by molar-refractivity contribution is -0.117. The average Bonchev–Trinajstić information content (AvgIpc) is 3.37. The molecule has 1 amide bonds. The quantitative estimate of drug-likeness (QED) is 0.318. The number of carbonyl (C=O) groups excluding carboxylic acids is 1. The normalized spacial score (nSPS) is 11.9. The summed E-state index contributed by atoms with van der Waals surface area (Å²) in [6.07, 6.45) is 5.02. The molecule has 2 aromatic carbocycles. The van der Waals surface area contributed by atoms with Gasteiger partial charge in [-0.25, -0.2) is 15.0 Å². The van der Waals surface area contributed by atoms with Crippen LogP contribution in [0.4, 0.5) is 11.5 Å². The molecule has 1 unspecified atom stereocenters. The summed E-state index contributed by atoms with van der Waals surface area (Å²) in [5.74, 6) is -0.398. The number of nitrogens with one attached hydrogen (secondary N) is 2. The summed E-state index contributed by atoms with van der Waals surface area (Å²) in [5, 5.41) is 25.4. The van der Waals surface area contributed by atoms with E-state index < -0.39 is 17.5 Å². The van der Waals surface area contributed by atoms with Gasteiger partial charge < -0.3 is 10.3 Å². The molecule has 5 aromatic rings. The molecule has 0 saturated heterocycles. The van der Waals surface area contributed by atoms with Gasteiger partial charge in [-0.1, -0.05) is 37.3 Å². The first-order chi connectivity index (χ1) is 18.6. The van der Waals surface area contributed by atoms with Crippen LogP contribution in [0.25, 0.3) is 16.9 Å². The van der Waals surface area contributed by atoms with Gasteiger partial charge in [0.05, 0.1) is 17.1 Å². The molecule has 0 aliphatic heterocycles. The summed E-state index contributed by atoms with van der Waals surface area (Å²) in [4.78, 5) is 41.8. The number of para-hydroxylation sites is 2. The molecule has 0 saturated carbocycles. The molecule has 0 spiro atoms. The van der Waals surface area contributed by atoms with Crippen LogP contribution in [0.2, 0.25) is 0 Å². The summed E-state index contributed by atoms with van der Waals surface area (Å²) >= 11 is 0. The SMILES string of the molecule is CCc1ccccc1NC(=O)C(N=Nc1c(C#N)cnn1-c1ncccn1)c1nc2ccccc2c(=O)[nH]1. The molecule has 2 N–H and O–H groups in total. The number of aromatic amines is 1. The number of benzene rings is 2. The number of aromatic nitrogens is 6. The number of rotatable bonds is 7. The number of azo groups is 1. The van der Waals surface area contributed by atoms with Crippen molar-refractivity contribution in [3.8, 4) is 12.0 Å². The van der Waals surface area contributed by atoms with Crippen molar-refractivity contribution in [3.05, 3.63) is 100 Å². The average molecular weight is 505 g/mol. The van der Waals surface area contributed by atoms with Crippen LogP contribution in [0.5, 0.6) is 0 Å². The van der Waals surface area contributed by atoms with Crippen molar-refractivity contribution < 1.29 is 4.79 Å². The van der Waals surface area contributed by atoms with E-state index in [1.807, 2.05) is 25.1 Å². The number of hydrogen-bond donors (Lipinski definition) is 2. The number of amides is 1. The van der Waals surface area contributed by atoms with Crippen LogP contribution in [-0.2, 0) is 11.2 Å². The minimum Gasteiger partial charge on any atom is -0.324 e. The van der Waals surface area contributed by atoms with Crippen molar-refractivity contribution >= 4 is 28.3 Å². The first-order valence-corrected chi connectivity index (χ1v) is 11.6. The fraction of sp³-hybridized carbons (Fsp3) is 0.115. The molecule has 0 fully saturated rings. The fourth-order valence-corrected chi connectivity index (χ4v) is 3.79. The molecule has 1 atom stereocenters. The second kappa shape index (κ2) is 10.6. The van der Waals surface area contributed by atoms with Crippen LogP contribution in [0.3, 0.4) is 0 Å². The Bertz CT molecular complexity index is 1750. The van der Waals surface area contributed by atoms with Gasteiger partial charge in [0, 0.05) is 18.1 Å². The Hall–Kier alpha value is -5.57. The van der Waals surface area contributed by atoms with Gasteiger partial charge in [0.15, 0.2) is 5.82 Å². The molecule has 0 radical (unpaired) electrons. The van der Waals surface area contributed by atoms with Gasteiger partial charge in [-0.3, -0.25) is 9.59 Å². The van der Waals surface area contributed by atoms with Gasteiger partial charge in [0.25, 0.3) is 17.4 Å². The number of fused-ring (bicyclic) bond motifs is 1. The van der Waals surface area contributed by atoms with Crippen LogP contribution in [0.15, 0.2) is 88.2 Å². The van der Waals surface area contributed by atoms with Crippen molar-refractivity contribution in [2.45, 2.75) is 19.4 Å². The molecule has 186 valence electrons. The summed E-state index contributed by atoms with van der Waals surface area (Å²) in [7, 11) is 0. The van der Waals surface area contributed by atoms with Crippen molar-refractivity contribution in [1.29, 1.82) is 5.26 Å². The highest BCUT2D eigenvalue weighted by Crippen LogP contribution is 2.26. The second-order valence-corrected chi connectivity index (χ2v) is 8.04. The number of hydrogen-bond acceptors (Lipinski definition) is 9. The third kappa shape index (κ3) is 4.76. The monoisotopic (exact) mass is 504 g/mol. The minimum atomic E-state index is -1.36. The number of aryl methyl sites for hydroxylation is 1. The standard InChI is InChI=1S/C26H20N10O2/c1-2-16-8-3-5-10-19(16)32-25(38)21(22-31-20-11-6-4-9-18(20)24(37)33-22)34-35-23-17(14-27)15-30-36(23)26-28-12-7-13-29-26/h3-13,15,21H,2H2,1H3,(H,32,38)(H,31,33,37). The highest BCUT2D eigenvalue weighted by molar-refractivity contribution is 5.96.